The number of ether oxygens (including phenoxy) is 6. The second-order valence-corrected chi connectivity index (χ2v) is 23.7. The summed E-state index contributed by atoms with van der Waals surface area (Å²) in [5.41, 5.74) is -3.32. The molecule has 1 fully saturated rings. The smallest absolute Gasteiger partial charge is 0.408 e. The van der Waals surface area contributed by atoms with Gasteiger partial charge in [0, 0.05) is 77.5 Å². The van der Waals surface area contributed by atoms with Gasteiger partial charge in [-0.1, -0.05) is 41.6 Å². The zero-order chi connectivity index (χ0) is 67.5. The summed E-state index contributed by atoms with van der Waals surface area (Å²) in [5, 5.41) is 89.4. The number of carbonyl (C=O) groups excluding carboxylic acids is 6. The van der Waals surface area contributed by atoms with Gasteiger partial charge in [0.15, 0.2) is 29.4 Å². The SMILES string of the molecule is COc1cc(C(C)OC(=O)N[C@H]2C[C@H](O[C@H]3C[C@](O)(C(=O)CO)Cc4c(O)c5c(c(O)c43)C(=O)c3c(OC)cccc3C5=O)O[C@@H](C)[C@H]2O)c([N+](=O)[O-])cc1OCCCC(=O)NCc1cn(-c2ccc(C(=O)NCCNc3cccc4c(S(=O)(=O)O)cccc34)cc2)nn1. The monoisotopic (exact) mass is 1320 g/mol. The molecule has 3 aliphatic rings. The normalized spacial score (nSPS) is 19.4. The van der Waals surface area contributed by atoms with Crippen molar-refractivity contribution in [2.45, 2.75) is 99.7 Å². The largest absolute Gasteiger partial charge is 0.507 e. The number of benzene rings is 6. The molecule has 31 heteroatoms. The van der Waals surface area contributed by atoms with Gasteiger partial charge in [0.25, 0.3) is 21.7 Å². The van der Waals surface area contributed by atoms with Crippen LogP contribution in [0.25, 0.3) is 16.5 Å². The number of nitro benzene ring substituents is 1. The van der Waals surface area contributed by atoms with Crippen molar-refractivity contribution >= 4 is 67.5 Å². The molecular formula is C63H64N8O22S. The highest BCUT2D eigenvalue weighted by Gasteiger charge is 2.51. The van der Waals surface area contributed by atoms with Gasteiger partial charge in [-0.25, -0.2) is 9.48 Å². The van der Waals surface area contributed by atoms with E-state index >= 15 is 0 Å². The molecule has 2 aliphatic carbocycles. The van der Waals surface area contributed by atoms with Crippen LogP contribution < -0.4 is 35.5 Å². The van der Waals surface area contributed by atoms with Crippen LogP contribution in [-0.4, -0.2) is 164 Å². The third-order valence-corrected chi connectivity index (χ3v) is 17.3. The Balaban J connectivity index is 0.706. The van der Waals surface area contributed by atoms with E-state index in [1.807, 2.05) is 0 Å². The Morgan fingerprint density at radius 2 is 1.61 bits per heavy atom. The van der Waals surface area contributed by atoms with Crippen LogP contribution in [0, 0.1) is 10.1 Å². The van der Waals surface area contributed by atoms with Gasteiger partial charge in [-0.3, -0.25) is 38.6 Å². The lowest BCUT2D eigenvalue weighted by atomic mass is 9.72. The minimum absolute atomic E-state index is 0.000994. The van der Waals surface area contributed by atoms with E-state index in [1.165, 1.54) is 69.1 Å². The van der Waals surface area contributed by atoms with Gasteiger partial charge in [-0.2, -0.15) is 8.42 Å². The highest BCUT2D eigenvalue weighted by Crippen LogP contribution is 2.53. The van der Waals surface area contributed by atoms with Gasteiger partial charge < -0.3 is 75.2 Å². The van der Waals surface area contributed by atoms with Crippen LogP contribution in [0.3, 0.4) is 0 Å². The number of nitrogens with zero attached hydrogens (tertiary/aromatic N) is 4. The zero-order valence-corrected chi connectivity index (χ0v) is 51.5. The number of rotatable bonds is 24. The van der Waals surface area contributed by atoms with Crippen LogP contribution in [-0.2, 0) is 46.9 Å². The highest BCUT2D eigenvalue weighted by atomic mass is 32.2. The number of ketones is 3. The maximum atomic E-state index is 14.1. The van der Waals surface area contributed by atoms with E-state index in [9.17, 15) is 77.4 Å². The predicted molar refractivity (Wildman–Crippen MR) is 328 cm³/mol. The Labute approximate surface area is 534 Å². The molecule has 6 aromatic carbocycles. The standard InChI is InChI=1S/C63H64N8O22S/c1-31(92-62(81)67-42-24-51(91-32(2)56(42)75)93-47-27-63(82,49(73)30-72)26-40-53(47)60(79)55-54(58(40)77)57(76)38-11-6-13-44(88-3)52(38)59(55)78)39-23-45(89-4)46(25-43(39)71(83)84)90-22-8-15-50(74)66-28-34-29-70(69-68-34)35-18-16-33(17-19-35)61(80)65-21-20-64-41-12-5-10-37-36(41)9-7-14-48(37)94(85,86)87/h5-7,9-14,16-19,23,25,29,31-32,42,47,51,56,64,72,75,77,79,82H,8,15,20-22,24,26-28,30H2,1-4H3,(H,65,80)(H,66,74)(H,67,81)(H,85,86,87)/t31?,32-,42-,47-,51-,56+,63-/m0/s1. The Bertz CT molecular complexity index is 4280. The number of carbonyl (C=O) groups is 6. The molecule has 1 saturated heterocycles. The zero-order valence-electron chi connectivity index (χ0n) is 50.7. The molecule has 1 aromatic heterocycles. The van der Waals surface area contributed by atoms with Gasteiger partial charge in [-0.05, 0) is 68.8 Å². The number of aliphatic hydroxyl groups excluding tert-OH is 2. The van der Waals surface area contributed by atoms with E-state index in [2.05, 4.69) is 31.6 Å². The number of nitro groups is 1. The predicted octanol–water partition coefficient (Wildman–Crippen LogP) is 4.74. The van der Waals surface area contributed by atoms with E-state index in [1.54, 1.807) is 54.7 Å². The molecule has 0 saturated carbocycles. The summed E-state index contributed by atoms with van der Waals surface area (Å²) in [4.78, 5) is 92.1. The number of nitrogens with one attached hydrogen (secondary N) is 4. The van der Waals surface area contributed by atoms with Crippen molar-refractivity contribution in [3.05, 3.63) is 158 Å². The van der Waals surface area contributed by atoms with Crippen molar-refractivity contribution in [2.24, 2.45) is 0 Å². The number of Topliss-reactive ketones (excluding diaryl/α,β-unsaturated/α-hetero) is 1. The lowest BCUT2D eigenvalue weighted by molar-refractivity contribution is -0.386. The quantitative estimate of drug-likeness (QED) is 0.0128. The van der Waals surface area contributed by atoms with Crippen LogP contribution in [0.2, 0.25) is 0 Å². The molecule has 0 radical (unpaired) electrons. The number of methoxy groups -OCH3 is 2. The molecule has 0 bridgehead atoms. The van der Waals surface area contributed by atoms with Crippen LogP contribution in [0.15, 0.2) is 102 Å². The number of hydrogen-bond acceptors (Lipinski definition) is 24. The highest BCUT2D eigenvalue weighted by molar-refractivity contribution is 7.86. The van der Waals surface area contributed by atoms with E-state index in [0.717, 1.165) is 6.07 Å². The number of phenolic OH excluding ortho intramolecular Hbond substituents is 2. The van der Waals surface area contributed by atoms with Gasteiger partial charge in [0.1, 0.15) is 52.3 Å². The van der Waals surface area contributed by atoms with Crippen molar-refractivity contribution in [3.8, 4) is 34.4 Å². The molecule has 0 spiro atoms. The Kier molecular flexibility index (Phi) is 19.6. The summed E-state index contributed by atoms with van der Waals surface area (Å²) in [5.74, 6) is -5.30. The number of aromatic hydroxyl groups is 2. The van der Waals surface area contributed by atoms with Gasteiger partial charge in [0.2, 0.25) is 11.7 Å². The summed E-state index contributed by atoms with van der Waals surface area (Å²) >= 11 is 0. The van der Waals surface area contributed by atoms with Crippen molar-refractivity contribution < 1.29 is 101 Å². The first-order chi connectivity index (χ1) is 44.8. The Morgan fingerprint density at radius 1 is 0.894 bits per heavy atom. The average Bonchev–Trinajstić information content (AvgIpc) is 0.786. The van der Waals surface area contributed by atoms with Crippen molar-refractivity contribution in [2.75, 3.05) is 45.8 Å². The first kappa shape index (κ1) is 66.8. The maximum Gasteiger partial charge on any atom is 0.408 e. The molecule has 94 heavy (non-hydrogen) atoms. The topological polar surface area (TPSA) is 435 Å². The number of alkyl carbamates (subject to hydrolysis) is 1. The number of phenols is 2. The fourth-order valence-corrected chi connectivity index (χ4v) is 12.4. The van der Waals surface area contributed by atoms with Gasteiger partial charge >= 0.3 is 6.09 Å². The molecule has 2 heterocycles. The lowest BCUT2D eigenvalue weighted by Gasteiger charge is -2.42. The summed E-state index contributed by atoms with van der Waals surface area (Å²) < 4.78 is 69.3. The summed E-state index contributed by atoms with van der Waals surface area (Å²) in [7, 11) is -1.89. The molecule has 10 N–H and O–H groups in total. The second kappa shape index (κ2) is 27.6. The van der Waals surface area contributed by atoms with Crippen LogP contribution >= 0.6 is 0 Å². The summed E-state index contributed by atoms with van der Waals surface area (Å²) in [6.07, 6.45) is -8.20. The van der Waals surface area contributed by atoms with E-state index in [-0.39, 0.29) is 101 Å². The number of hydrogen-bond donors (Lipinski definition) is 10. The van der Waals surface area contributed by atoms with Crippen LogP contribution in [0.4, 0.5) is 16.2 Å². The number of aromatic nitrogens is 3. The summed E-state index contributed by atoms with van der Waals surface area (Å²) in [6.45, 7) is 2.06. The van der Waals surface area contributed by atoms with Crippen molar-refractivity contribution in [1.29, 1.82) is 0 Å². The van der Waals surface area contributed by atoms with Gasteiger partial charge in [-0.15, -0.1) is 5.10 Å². The lowest BCUT2D eigenvalue weighted by Crippen LogP contribution is -2.56. The third-order valence-electron chi connectivity index (χ3n) is 16.4. The molecule has 10 rings (SSSR count). The second-order valence-electron chi connectivity index (χ2n) is 22.4. The van der Waals surface area contributed by atoms with E-state index < -0.39 is 129 Å². The van der Waals surface area contributed by atoms with Crippen LogP contribution in [0.1, 0.15) is 116 Å². The summed E-state index contributed by atoms with van der Waals surface area (Å²) in [6, 6.07) is 21.3. The molecule has 7 atom stereocenters. The molecule has 3 amide bonds. The number of aliphatic hydroxyl groups is 3. The minimum atomic E-state index is -4.44. The first-order valence-corrected chi connectivity index (χ1v) is 30.8. The number of fused-ring (bicyclic) bond motifs is 4. The van der Waals surface area contributed by atoms with Gasteiger partial charge in [0.05, 0.1) is 90.7 Å². The first-order valence-electron chi connectivity index (χ1n) is 29.3. The molecule has 1 unspecified atom stereocenters. The third kappa shape index (κ3) is 13.7. The molecular weight excluding hydrogens is 1250 g/mol. The fraction of sp³-hybridized carbons (Fsp3) is 0.333. The Morgan fingerprint density at radius 3 is 2.32 bits per heavy atom. The fourth-order valence-electron chi connectivity index (χ4n) is 11.7. The van der Waals surface area contributed by atoms with E-state index in [0.29, 0.717) is 39.9 Å². The molecule has 1 aliphatic heterocycles. The van der Waals surface area contributed by atoms with E-state index in [4.69, 9.17) is 28.4 Å². The van der Waals surface area contributed by atoms with Crippen LogP contribution in [0.5, 0.6) is 28.7 Å². The number of anilines is 1. The molecule has 7 aromatic rings. The van der Waals surface area contributed by atoms with Crippen molar-refractivity contribution in [3.63, 3.8) is 0 Å². The maximum absolute atomic E-state index is 14.1. The molecule has 494 valence electrons. The molecule has 30 nitrogen and oxygen atoms in total. The minimum Gasteiger partial charge on any atom is -0.507 e. The van der Waals surface area contributed by atoms with Crippen molar-refractivity contribution in [1.82, 2.24) is 30.9 Å². The Hall–Kier alpha value is -10.2. The number of amides is 3. The average molecular weight is 1320 g/mol.